The predicted octanol–water partition coefficient (Wildman–Crippen LogP) is 4.41. The molecule has 6 nitrogen and oxygen atoms in total. The summed E-state index contributed by atoms with van der Waals surface area (Å²) in [7, 11) is -7.30. The summed E-state index contributed by atoms with van der Waals surface area (Å²) in [6, 6.07) is 14.1. The Hall–Kier alpha value is -1.74. The summed E-state index contributed by atoms with van der Waals surface area (Å²) in [6.45, 7) is 8.98. The van der Waals surface area contributed by atoms with Gasteiger partial charge >= 0.3 is 0 Å². The molecule has 1 aliphatic rings. The lowest BCUT2D eigenvalue weighted by atomic mass is 9.99. The van der Waals surface area contributed by atoms with Crippen molar-refractivity contribution in [2.75, 3.05) is 26.2 Å². The molecule has 2 unspecified atom stereocenters. The molecular formula is C24H34N2O4S2. The first kappa shape index (κ1) is 24.9. The van der Waals surface area contributed by atoms with Crippen molar-refractivity contribution in [3.8, 4) is 0 Å². The van der Waals surface area contributed by atoms with E-state index in [1.165, 1.54) is 8.61 Å². The summed E-state index contributed by atoms with van der Waals surface area (Å²) in [5.74, 6) is 0.750. The van der Waals surface area contributed by atoms with Crippen LogP contribution in [-0.4, -0.2) is 51.6 Å². The molecule has 3 rings (SSSR count). The van der Waals surface area contributed by atoms with E-state index in [4.69, 9.17) is 0 Å². The Labute approximate surface area is 193 Å². The van der Waals surface area contributed by atoms with E-state index in [1.807, 2.05) is 24.3 Å². The van der Waals surface area contributed by atoms with Crippen molar-refractivity contribution >= 4 is 20.0 Å². The molecule has 1 saturated heterocycles. The standard InChI is InChI=1S/C24H34N2O4S2/c1-5-19(3)21-7-11-23(12-8-21)31(27,28)25-15-17-26(18-16-25)32(29,30)24-13-9-22(10-14-24)20(4)6-2/h7-14,19-20H,5-6,15-18H2,1-4H3. The van der Waals surface area contributed by atoms with Gasteiger partial charge in [-0.3, -0.25) is 0 Å². The molecule has 0 saturated carbocycles. The summed E-state index contributed by atoms with van der Waals surface area (Å²) >= 11 is 0. The molecule has 0 N–H and O–H groups in total. The molecular weight excluding hydrogens is 444 g/mol. The second-order valence-corrected chi connectivity index (χ2v) is 12.4. The third-order valence-corrected chi connectivity index (χ3v) is 10.4. The van der Waals surface area contributed by atoms with Gasteiger partial charge < -0.3 is 0 Å². The van der Waals surface area contributed by atoms with Crippen molar-refractivity contribution < 1.29 is 16.8 Å². The monoisotopic (exact) mass is 478 g/mol. The minimum absolute atomic E-state index is 0.139. The van der Waals surface area contributed by atoms with Gasteiger partial charge in [0, 0.05) is 26.2 Å². The lowest BCUT2D eigenvalue weighted by Gasteiger charge is -2.33. The molecule has 0 spiro atoms. The summed E-state index contributed by atoms with van der Waals surface area (Å²) < 4.78 is 55.0. The van der Waals surface area contributed by atoms with Crippen molar-refractivity contribution in [2.45, 2.75) is 62.2 Å². The van der Waals surface area contributed by atoms with Crippen LogP contribution in [0, 0.1) is 0 Å². The van der Waals surface area contributed by atoms with Crippen LogP contribution in [0.2, 0.25) is 0 Å². The van der Waals surface area contributed by atoms with Crippen LogP contribution in [0.25, 0.3) is 0 Å². The number of piperazine rings is 1. The van der Waals surface area contributed by atoms with E-state index in [-0.39, 0.29) is 36.0 Å². The second-order valence-electron chi connectivity index (χ2n) is 8.56. The van der Waals surface area contributed by atoms with Crippen LogP contribution >= 0.6 is 0 Å². The Balaban J connectivity index is 1.69. The van der Waals surface area contributed by atoms with E-state index in [0.29, 0.717) is 11.8 Å². The van der Waals surface area contributed by atoms with E-state index in [0.717, 1.165) is 24.0 Å². The normalized spacial score (nSPS) is 18.4. The van der Waals surface area contributed by atoms with E-state index < -0.39 is 20.0 Å². The highest BCUT2D eigenvalue weighted by Gasteiger charge is 2.33. The minimum atomic E-state index is -3.65. The van der Waals surface area contributed by atoms with Gasteiger partial charge in [-0.05, 0) is 60.1 Å². The van der Waals surface area contributed by atoms with Crippen molar-refractivity contribution in [1.29, 1.82) is 0 Å². The Kier molecular flexibility index (Phi) is 7.81. The van der Waals surface area contributed by atoms with Crippen LogP contribution < -0.4 is 0 Å². The lowest BCUT2D eigenvalue weighted by Crippen LogP contribution is -2.50. The molecule has 2 atom stereocenters. The van der Waals surface area contributed by atoms with Gasteiger partial charge in [-0.2, -0.15) is 8.61 Å². The van der Waals surface area contributed by atoms with Gasteiger partial charge in [0.2, 0.25) is 20.0 Å². The highest BCUT2D eigenvalue weighted by atomic mass is 32.2. The molecule has 1 fully saturated rings. The van der Waals surface area contributed by atoms with E-state index >= 15 is 0 Å². The first-order chi connectivity index (χ1) is 15.1. The third kappa shape index (κ3) is 5.09. The van der Waals surface area contributed by atoms with Crippen LogP contribution in [0.1, 0.15) is 63.5 Å². The van der Waals surface area contributed by atoms with Gasteiger partial charge in [-0.1, -0.05) is 52.0 Å². The zero-order valence-corrected chi connectivity index (χ0v) is 21.0. The molecule has 8 heteroatoms. The SMILES string of the molecule is CCC(C)c1ccc(S(=O)(=O)N2CCN(S(=O)(=O)c3ccc(C(C)CC)cc3)CC2)cc1. The quantitative estimate of drug-likeness (QED) is 0.563. The number of nitrogens with zero attached hydrogens (tertiary/aromatic N) is 2. The number of hydrogen-bond donors (Lipinski definition) is 0. The maximum absolute atomic E-state index is 13.1. The fourth-order valence-corrected chi connectivity index (χ4v) is 6.70. The smallest absolute Gasteiger partial charge is 0.207 e. The highest BCUT2D eigenvalue weighted by molar-refractivity contribution is 7.89. The average Bonchev–Trinajstić information content (AvgIpc) is 2.83. The lowest BCUT2D eigenvalue weighted by molar-refractivity contribution is 0.273. The number of benzene rings is 2. The predicted molar refractivity (Wildman–Crippen MR) is 128 cm³/mol. The van der Waals surface area contributed by atoms with Gasteiger partial charge in [-0.25, -0.2) is 16.8 Å². The molecule has 0 bridgehead atoms. The van der Waals surface area contributed by atoms with E-state index in [1.54, 1.807) is 24.3 Å². The molecule has 176 valence electrons. The first-order valence-electron chi connectivity index (χ1n) is 11.3. The fraction of sp³-hybridized carbons (Fsp3) is 0.500. The van der Waals surface area contributed by atoms with Gasteiger partial charge in [0.1, 0.15) is 0 Å². The number of rotatable bonds is 8. The van der Waals surface area contributed by atoms with Gasteiger partial charge in [0.05, 0.1) is 9.79 Å². The Bertz CT molecular complexity index is 1010. The molecule has 0 aliphatic carbocycles. The Morgan fingerprint density at radius 2 is 0.906 bits per heavy atom. The first-order valence-corrected chi connectivity index (χ1v) is 14.2. The van der Waals surface area contributed by atoms with Crippen LogP contribution in [0.5, 0.6) is 0 Å². The van der Waals surface area contributed by atoms with Crippen molar-refractivity contribution in [3.63, 3.8) is 0 Å². The summed E-state index contributed by atoms with van der Waals surface area (Å²) in [4.78, 5) is 0.503. The molecule has 2 aromatic rings. The largest absolute Gasteiger partial charge is 0.243 e. The number of sulfonamides is 2. The van der Waals surface area contributed by atoms with Crippen LogP contribution in [0.3, 0.4) is 0 Å². The summed E-state index contributed by atoms with van der Waals surface area (Å²) in [5.41, 5.74) is 2.23. The molecule has 32 heavy (non-hydrogen) atoms. The molecule has 0 aromatic heterocycles. The van der Waals surface area contributed by atoms with E-state index in [9.17, 15) is 16.8 Å². The Morgan fingerprint density at radius 1 is 0.625 bits per heavy atom. The third-order valence-electron chi connectivity index (χ3n) is 6.60. The molecule has 1 heterocycles. The Morgan fingerprint density at radius 3 is 1.16 bits per heavy atom. The summed E-state index contributed by atoms with van der Waals surface area (Å²) in [6.07, 6.45) is 1.98. The van der Waals surface area contributed by atoms with Crippen molar-refractivity contribution in [1.82, 2.24) is 8.61 Å². The molecule has 0 radical (unpaired) electrons. The van der Waals surface area contributed by atoms with Gasteiger partial charge in [0.25, 0.3) is 0 Å². The average molecular weight is 479 g/mol. The fourth-order valence-electron chi connectivity index (χ4n) is 3.86. The highest BCUT2D eigenvalue weighted by Crippen LogP contribution is 2.26. The van der Waals surface area contributed by atoms with Crippen LogP contribution in [0.4, 0.5) is 0 Å². The summed E-state index contributed by atoms with van der Waals surface area (Å²) in [5, 5.41) is 0. The topological polar surface area (TPSA) is 74.8 Å². The molecule has 0 amide bonds. The van der Waals surface area contributed by atoms with Gasteiger partial charge in [0.15, 0.2) is 0 Å². The van der Waals surface area contributed by atoms with Gasteiger partial charge in [-0.15, -0.1) is 0 Å². The zero-order chi connectivity index (χ0) is 23.5. The molecule has 2 aromatic carbocycles. The second kappa shape index (κ2) is 10.0. The van der Waals surface area contributed by atoms with Crippen molar-refractivity contribution in [2.24, 2.45) is 0 Å². The zero-order valence-electron chi connectivity index (χ0n) is 19.4. The number of hydrogen-bond acceptors (Lipinski definition) is 4. The maximum Gasteiger partial charge on any atom is 0.243 e. The van der Waals surface area contributed by atoms with Crippen LogP contribution in [-0.2, 0) is 20.0 Å². The van der Waals surface area contributed by atoms with E-state index in [2.05, 4.69) is 27.7 Å². The van der Waals surface area contributed by atoms with Crippen LogP contribution in [0.15, 0.2) is 58.3 Å². The minimum Gasteiger partial charge on any atom is -0.207 e. The van der Waals surface area contributed by atoms with Crippen molar-refractivity contribution in [3.05, 3.63) is 59.7 Å². The molecule has 1 aliphatic heterocycles. The maximum atomic E-state index is 13.1.